The van der Waals surface area contributed by atoms with Crippen LogP contribution in [0.4, 0.5) is 9.80 Å². The number of carbonyl (C=O) groups excluding carboxylic acids is 4. The largest absolute Gasteiger partial charge is 0.462 e. The number of nitrogens with one attached hydrogen (secondary N) is 2. The van der Waals surface area contributed by atoms with E-state index in [2.05, 4.69) is 17.6 Å². The summed E-state index contributed by atoms with van der Waals surface area (Å²) in [5.41, 5.74) is 0.234. The van der Waals surface area contributed by atoms with E-state index in [0.29, 0.717) is 35.7 Å². The average Bonchev–Trinajstić information content (AvgIpc) is 3.13. The Hall–Kier alpha value is -2.42. The Balaban J connectivity index is 1.74. The van der Waals surface area contributed by atoms with Gasteiger partial charge in [0.2, 0.25) is 5.91 Å². The van der Waals surface area contributed by atoms with Gasteiger partial charge in [-0.1, -0.05) is 13.8 Å². The molecule has 30 heavy (non-hydrogen) atoms. The van der Waals surface area contributed by atoms with Crippen LogP contribution in [0.1, 0.15) is 67.3 Å². The molecular weight excluding hydrogens is 406 g/mol. The minimum atomic E-state index is -0.880. The van der Waals surface area contributed by atoms with E-state index in [0.717, 1.165) is 28.2 Å². The van der Waals surface area contributed by atoms with Crippen molar-refractivity contribution in [1.29, 1.82) is 0 Å². The molecule has 1 saturated carbocycles. The second-order valence-electron chi connectivity index (χ2n) is 8.06. The number of esters is 1. The number of urea groups is 1. The van der Waals surface area contributed by atoms with Crippen molar-refractivity contribution in [1.82, 2.24) is 10.2 Å². The molecule has 1 aromatic heterocycles. The smallest absolute Gasteiger partial charge is 0.341 e. The first-order chi connectivity index (χ1) is 14.2. The van der Waals surface area contributed by atoms with Crippen molar-refractivity contribution in [2.75, 3.05) is 18.5 Å². The number of thiophene rings is 1. The monoisotopic (exact) mass is 435 g/mol. The Labute approximate surface area is 180 Å². The third-order valence-corrected chi connectivity index (χ3v) is 7.33. The molecule has 1 aromatic rings. The van der Waals surface area contributed by atoms with Crippen molar-refractivity contribution in [2.45, 2.75) is 65.3 Å². The number of amides is 4. The van der Waals surface area contributed by atoms with E-state index in [9.17, 15) is 19.2 Å². The molecule has 9 heteroatoms. The van der Waals surface area contributed by atoms with Crippen LogP contribution in [0, 0.1) is 12.8 Å². The Morgan fingerprint density at radius 1 is 1.27 bits per heavy atom. The van der Waals surface area contributed by atoms with Gasteiger partial charge in [0.25, 0.3) is 5.91 Å². The molecule has 0 atom stereocenters. The van der Waals surface area contributed by atoms with E-state index in [4.69, 9.17) is 4.74 Å². The standard InChI is InChI=1S/C21H29N3O5S/c1-5-14-13(4)16(18(26)29-6-2)17(30-14)22-15(25)11-24-19(27)21(23-20(24)28)9-7-12(3)8-10-21/h12H,5-11H2,1-4H3,(H,22,25)(H,23,28). The topological polar surface area (TPSA) is 105 Å². The van der Waals surface area contributed by atoms with Gasteiger partial charge in [-0.05, 0) is 57.4 Å². The van der Waals surface area contributed by atoms with E-state index in [1.807, 2.05) is 13.8 Å². The molecule has 2 fully saturated rings. The summed E-state index contributed by atoms with van der Waals surface area (Å²) in [5, 5.41) is 5.92. The molecule has 1 aliphatic carbocycles. The van der Waals surface area contributed by atoms with Crippen LogP contribution in [-0.2, 0) is 20.7 Å². The summed E-state index contributed by atoms with van der Waals surface area (Å²) < 4.78 is 5.13. The Bertz CT molecular complexity index is 870. The van der Waals surface area contributed by atoms with Gasteiger partial charge in [0.1, 0.15) is 17.1 Å². The molecule has 2 heterocycles. The zero-order valence-corrected chi connectivity index (χ0v) is 18.7. The summed E-state index contributed by atoms with van der Waals surface area (Å²) in [6.07, 6.45) is 3.63. The first-order valence-electron chi connectivity index (χ1n) is 10.5. The number of ether oxygens (including phenoxy) is 1. The Kier molecular flexibility index (Phi) is 6.50. The normalized spacial score (nSPS) is 23.6. The van der Waals surface area contributed by atoms with Crippen molar-refractivity contribution in [2.24, 2.45) is 5.92 Å². The lowest BCUT2D eigenvalue weighted by Crippen LogP contribution is -2.49. The highest BCUT2D eigenvalue weighted by Gasteiger charge is 2.52. The molecule has 0 aromatic carbocycles. The molecule has 0 bridgehead atoms. The molecule has 0 unspecified atom stereocenters. The van der Waals surface area contributed by atoms with Gasteiger partial charge in [-0.2, -0.15) is 0 Å². The number of nitrogens with zero attached hydrogens (tertiary/aromatic N) is 1. The molecule has 2 N–H and O–H groups in total. The van der Waals surface area contributed by atoms with Gasteiger partial charge >= 0.3 is 12.0 Å². The fraction of sp³-hybridized carbons (Fsp3) is 0.619. The minimum absolute atomic E-state index is 0.228. The second-order valence-corrected chi connectivity index (χ2v) is 9.17. The number of hydrogen-bond donors (Lipinski definition) is 2. The molecule has 0 radical (unpaired) electrons. The maximum atomic E-state index is 12.9. The van der Waals surface area contributed by atoms with Crippen molar-refractivity contribution in [3.63, 3.8) is 0 Å². The summed E-state index contributed by atoms with van der Waals surface area (Å²) in [5.74, 6) is -0.828. The summed E-state index contributed by atoms with van der Waals surface area (Å²) in [6, 6.07) is -0.535. The number of hydrogen-bond acceptors (Lipinski definition) is 6. The van der Waals surface area contributed by atoms with E-state index in [1.165, 1.54) is 11.3 Å². The minimum Gasteiger partial charge on any atom is -0.462 e. The quantitative estimate of drug-likeness (QED) is 0.527. The van der Waals surface area contributed by atoms with E-state index >= 15 is 0 Å². The lowest BCUT2D eigenvalue weighted by molar-refractivity contribution is -0.135. The summed E-state index contributed by atoms with van der Waals surface area (Å²) >= 11 is 1.31. The highest BCUT2D eigenvalue weighted by atomic mass is 32.1. The molecule has 4 amide bonds. The summed E-state index contributed by atoms with van der Waals surface area (Å²) in [6.45, 7) is 7.49. The molecular formula is C21H29N3O5S. The van der Waals surface area contributed by atoms with Gasteiger partial charge < -0.3 is 15.4 Å². The predicted octanol–water partition coefficient (Wildman–Crippen LogP) is 3.23. The van der Waals surface area contributed by atoms with Gasteiger partial charge in [0.15, 0.2) is 0 Å². The number of rotatable bonds is 6. The Morgan fingerprint density at radius 2 is 1.93 bits per heavy atom. The lowest BCUT2D eigenvalue weighted by Gasteiger charge is -2.33. The first kappa shape index (κ1) is 22.3. The molecule has 1 aliphatic heterocycles. The number of carbonyl (C=O) groups is 4. The SMILES string of the molecule is CCOC(=O)c1c(NC(=O)CN2C(=O)NC3(CCC(C)CC3)C2=O)sc(CC)c1C. The highest BCUT2D eigenvalue weighted by Crippen LogP contribution is 2.37. The van der Waals surface area contributed by atoms with Crippen LogP contribution in [0.2, 0.25) is 0 Å². The Morgan fingerprint density at radius 3 is 2.53 bits per heavy atom. The van der Waals surface area contributed by atoms with Crippen molar-refractivity contribution < 1.29 is 23.9 Å². The highest BCUT2D eigenvalue weighted by molar-refractivity contribution is 7.17. The van der Waals surface area contributed by atoms with Crippen molar-refractivity contribution >= 4 is 40.2 Å². The van der Waals surface area contributed by atoms with E-state index < -0.39 is 23.4 Å². The van der Waals surface area contributed by atoms with Gasteiger partial charge in [0, 0.05) is 4.88 Å². The third-order valence-electron chi connectivity index (χ3n) is 5.97. The fourth-order valence-corrected chi connectivity index (χ4v) is 5.31. The van der Waals surface area contributed by atoms with Gasteiger partial charge in [0.05, 0.1) is 12.2 Å². The fourth-order valence-electron chi connectivity index (χ4n) is 4.16. The van der Waals surface area contributed by atoms with Crippen LogP contribution < -0.4 is 10.6 Å². The molecule has 3 rings (SSSR count). The van der Waals surface area contributed by atoms with Crippen LogP contribution in [-0.4, -0.2) is 47.4 Å². The molecule has 1 spiro atoms. The average molecular weight is 436 g/mol. The third kappa shape index (κ3) is 4.08. The number of anilines is 1. The number of imide groups is 1. The van der Waals surface area contributed by atoms with Crippen LogP contribution in [0.25, 0.3) is 0 Å². The zero-order chi connectivity index (χ0) is 22.1. The van der Waals surface area contributed by atoms with Crippen LogP contribution in [0.5, 0.6) is 0 Å². The predicted molar refractivity (Wildman–Crippen MR) is 114 cm³/mol. The van der Waals surface area contributed by atoms with E-state index in [-0.39, 0.29) is 19.1 Å². The zero-order valence-electron chi connectivity index (χ0n) is 17.9. The van der Waals surface area contributed by atoms with E-state index in [1.54, 1.807) is 6.92 Å². The number of aryl methyl sites for hydroxylation is 1. The van der Waals surface area contributed by atoms with Gasteiger partial charge in [-0.25, -0.2) is 9.59 Å². The lowest BCUT2D eigenvalue weighted by atomic mass is 9.77. The summed E-state index contributed by atoms with van der Waals surface area (Å²) in [7, 11) is 0. The van der Waals surface area contributed by atoms with Crippen LogP contribution in [0.3, 0.4) is 0 Å². The van der Waals surface area contributed by atoms with Gasteiger partial charge in [-0.3, -0.25) is 14.5 Å². The van der Waals surface area contributed by atoms with Crippen LogP contribution >= 0.6 is 11.3 Å². The molecule has 164 valence electrons. The van der Waals surface area contributed by atoms with Gasteiger partial charge in [-0.15, -0.1) is 11.3 Å². The summed E-state index contributed by atoms with van der Waals surface area (Å²) in [4.78, 5) is 52.4. The maximum Gasteiger partial charge on any atom is 0.341 e. The molecule has 8 nitrogen and oxygen atoms in total. The van der Waals surface area contributed by atoms with Crippen molar-refractivity contribution in [3.8, 4) is 0 Å². The molecule has 2 aliphatic rings. The first-order valence-corrected chi connectivity index (χ1v) is 11.3. The second kappa shape index (κ2) is 8.75. The van der Waals surface area contributed by atoms with Crippen molar-refractivity contribution in [3.05, 3.63) is 16.0 Å². The van der Waals surface area contributed by atoms with Crippen LogP contribution in [0.15, 0.2) is 0 Å². The molecule has 1 saturated heterocycles. The maximum absolute atomic E-state index is 12.9.